The third-order valence-corrected chi connectivity index (χ3v) is 6.57. The van der Waals surface area contributed by atoms with Crippen molar-refractivity contribution in [1.82, 2.24) is 20.1 Å². The van der Waals surface area contributed by atoms with Crippen LogP contribution in [-0.2, 0) is 11.3 Å². The molecule has 0 saturated carbocycles. The Kier molecular flexibility index (Phi) is 8.87. The van der Waals surface area contributed by atoms with Gasteiger partial charge in [-0.3, -0.25) is 9.59 Å². The van der Waals surface area contributed by atoms with Gasteiger partial charge in [0, 0.05) is 17.8 Å². The van der Waals surface area contributed by atoms with Crippen LogP contribution in [0, 0.1) is 26.7 Å². The van der Waals surface area contributed by atoms with Gasteiger partial charge in [0.2, 0.25) is 5.91 Å². The second kappa shape index (κ2) is 11.8. The number of aromatic nitrogens is 3. The SMILES string of the molecule is C=CCn1c(SCC(=O)Nc2c(C)cc(C)cc2C)nnc1[C@@H](NC(=O)c1ccccc1)C(C)C. The molecule has 3 aromatic rings. The normalized spacial score (nSPS) is 11.8. The molecule has 0 aliphatic carbocycles. The summed E-state index contributed by atoms with van der Waals surface area (Å²) in [5.41, 5.74) is 4.66. The minimum Gasteiger partial charge on any atom is -0.342 e. The molecule has 0 unspecified atom stereocenters. The zero-order valence-corrected chi connectivity index (χ0v) is 21.8. The van der Waals surface area contributed by atoms with Crippen molar-refractivity contribution in [1.29, 1.82) is 0 Å². The highest BCUT2D eigenvalue weighted by Gasteiger charge is 2.26. The summed E-state index contributed by atoms with van der Waals surface area (Å²) in [6, 6.07) is 12.8. The number of amides is 2. The fraction of sp³-hybridized carbons (Fsp3) is 0.333. The zero-order chi connectivity index (χ0) is 25.5. The highest BCUT2D eigenvalue weighted by atomic mass is 32.2. The molecule has 1 atom stereocenters. The van der Waals surface area contributed by atoms with Gasteiger partial charge >= 0.3 is 0 Å². The van der Waals surface area contributed by atoms with Crippen molar-refractivity contribution >= 4 is 29.3 Å². The van der Waals surface area contributed by atoms with E-state index in [4.69, 9.17) is 0 Å². The number of aryl methyl sites for hydroxylation is 3. The summed E-state index contributed by atoms with van der Waals surface area (Å²) in [5, 5.41) is 15.5. The fourth-order valence-corrected chi connectivity index (χ4v) is 4.72. The van der Waals surface area contributed by atoms with E-state index < -0.39 is 0 Å². The van der Waals surface area contributed by atoms with Gasteiger partial charge in [-0.2, -0.15) is 0 Å². The van der Waals surface area contributed by atoms with Crippen LogP contribution in [0.15, 0.2) is 60.3 Å². The quantitative estimate of drug-likeness (QED) is 0.299. The molecule has 0 aliphatic heterocycles. The zero-order valence-electron chi connectivity index (χ0n) is 21.0. The molecule has 0 spiro atoms. The van der Waals surface area contributed by atoms with Gasteiger partial charge in [-0.15, -0.1) is 16.8 Å². The molecule has 0 bridgehead atoms. The Hall–Kier alpha value is -3.39. The van der Waals surface area contributed by atoms with Crippen molar-refractivity contribution in [3.63, 3.8) is 0 Å². The fourth-order valence-electron chi connectivity index (χ4n) is 3.96. The molecular weight excluding hydrogens is 458 g/mol. The monoisotopic (exact) mass is 491 g/mol. The Morgan fingerprint density at radius 2 is 1.74 bits per heavy atom. The van der Waals surface area contributed by atoms with Crippen molar-refractivity contribution in [2.75, 3.05) is 11.1 Å². The maximum atomic E-state index is 12.8. The molecule has 0 radical (unpaired) electrons. The van der Waals surface area contributed by atoms with E-state index in [1.807, 2.05) is 57.4 Å². The molecule has 0 saturated heterocycles. The Morgan fingerprint density at radius 3 is 2.34 bits per heavy atom. The van der Waals surface area contributed by atoms with Gasteiger partial charge < -0.3 is 15.2 Å². The lowest BCUT2D eigenvalue weighted by Gasteiger charge is -2.22. The van der Waals surface area contributed by atoms with Crippen LogP contribution in [0.5, 0.6) is 0 Å². The number of allylic oxidation sites excluding steroid dienone is 1. The highest BCUT2D eigenvalue weighted by molar-refractivity contribution is 7.99. The first kappa shape index (κ1) is 26.2. The first-order valence-corrected chi connectivity index (χ1v) is 12.6. The summed E-state index contributed by atoms with van der Waals surface area (Å²) < 4.78 is 1.91. The number of nitrogens with one attached hydrogen (secondary N) is 2. The Bertz CT molecular complexity index is 1180. The first-order chi connectivity index (χ1) is 16.7. The van der Waals surface area contributed by atoms with E-state index >= 15 is 0 Å². The summed E-state index contributed by atoms with van der Waals surface area (Å²) in [6.07, 6.45) is 1.76. The number of anilines is 1. The second-order valence-electron chi connectivity index (χ2n) is 8.91. The lowest BCUT2D eigenvalue weighted by atomic mass is 10.0. The number of carbonyl (C=O) groups excluding carboxylic acids is 2. The van der Waals surface area contributed by atoms with E-state index in [0.717, 1.165) is 22.4 Å². The minimum atomic E-state index is -0.351. The first-order valence-electron chi connectivity index (χ1n) is 11.6. The van der Waals surface area contributed by atoms with Crippen LogP contribution < -0.4 is 10.6 Å². The third kappa shape index (κ3) is 6.60. The summed E-state index contributed by atoms with van der Waals surface area (Å²) in [5.74, 6) is 0.610. The molecule has 3 rings (SSSR count). The summed E-state index contributed by atoms with van der Waals surface area (Å²) in [7, 11) is 0. The van der Waals surface area contributed by atoms with Gasteiger partial charge in [-0.05, 0) is 49.9 Å². The Morgan fingerprint density at radius 1 is 1.09 bits per heavy atom. The van der Waals surface area contributed by atoms with Crippen LogP contribution in [0.2, 0.25) is 0 Å². The van der Waals surface area contributed by atoms with Crippen molar-refractivity contribution in [2.45, 2.75) is 52.4 Å². The van der Waals surface area contributed by atoms with Crippen LogP contribution in [-0.4, -0.2) is 32.3 Å². The van der Waals surface area contributed by atoms with Gasteiger partial charge in [0.05, 0.1) is 11.8 Å². The minimum absolute atomic E-state index is 0.0732. The van der Waals surface area contributed by atoms with Gasteiger partial charge in [-0.25, -0.2) is 0 Å². The van der Waals surface area contributed by atoms with E-state index in [9.17, 15) is 9.59 Å². The topological polar surface area (TPSA) is 88.9 Å². The van der Waals surface area contributed by atoms with E-state index in [-0.39, 0.29) is 29.5 Å². The van der Waals surface area contributed by atoms with Crippen molar-refractivity contribution in [3.05, 3.63) is 83.2 Å². The molecule has 7 nitrogen and oxygen atoms in total. The number of carbonyl (C=O) groups is 2. The van der Waals surface area contributed by atoms with E-state index in [1.54, 1.807) is 18.2 Å². The molecule has 2 aromatic carbocycles. The van der Waals surface area contributed by atoms with Gasteiger partial charge in [0.15, 0.2) is 11.0 Å². The summed E-state index contributed by atoms with van der Waals surface area (Å²) in [6.45, 7) is 14.4. The number of nitrogens with zero attached hydrogens (tertiary/aromatic N) is 3. The molecule has 1 heterocycles. The van der Waals surface area contributed by atoms with E-state index in [0.29, 0.717) is 23.1 Å². The standard InChI is InChI=1S/C27H33N5O2S/c1-7-13-32-25(23(17(2)3)29-26(34)21-11-9-8-10-12-21)30-31-27(32)35-16-22(33)28-24-19(5)14-18(4)15-20(24)6/h7-12,14-15,17,23H,1,13,16H2,2-6H3,(H,28,33)(H,29,34)/t23-/m0/s1. The maximum absolute atomic E-state index is 12.8. The Balaban J connectivity index is 1.76. The van der Waals surface area contributed by atoms with E-state index in [1.165, 1.54) is 11.8 Å². The van der Waals surface area contributed by atoms with Crippen LogP contribution in [0.1, 0.15) is 52.8 Å². The molecule has 184 valence electrons. The van der Waals surface area contributed by atoms with Gasteiger partial charge in [-0.1, -0.05) is 67.6 Å². The van der Waals surface area contributed by atoms with Crippen LogP contribution in [0.25, 0.3) is 0 Å². The van der Waals surface area contributed by atoms with Crippen LogP contribution in [0.4, 0.5) is 5.69 Å². The predicted octanol–water partition coefficient (Wildman–Crippen LogP) is 5.25. The number of rotatable bonds is 10. The molecule has 0 fully saturated rings. The van der Waals surface area contributed by atoms with Crippen molar-refractivity contribution in [2.24, 2.45) is 5.92 Å². The number of hydrogen-bond acceptors (Lipinski definition) is 5. The van der Waals surface area contributed by atoms with Gasteiger partial charge in [0.1, 0.15) is 0 Å². The molecule has 35 heavy (non-hydrogen) atoms. The average molecular weight is 492 g/mol. The van der Waals surface area contributed by atoms with Crippen molar-refractivity contribution in [3.8, 4) is 0 Å². The number of thioether (sulfide) groups is 1. The predicted molar refractivity (Wildman–Crippen MR) is 142 cm³/mol. The molecule has 0 aliphatic rings. The number of hydrogen-bond donors (Lipinski definition) is 2. The number of benzene rings is 2. The molecule has 1 aromatic heterocycles. The largest absolute Gasteiger partial charge is 0.342 e. The van der Waals surface area contributed by atoms with E-state index in [2.05, 4.69) is 39.5 Å². The second-order valence-corrected chi connectivity index (χ2v) is 9.85. The molecular formula is C27H33N5O2S. The average Bonchev–Trinajstić information content (AvgIpc) is 3.21. The van der Waals surface area contributed by atoms with Crippen molar-refractivity contribution < 1.29 is 9.59 Å². The summed E-state index contributed by atoms with van der Waals surface area (Å²) >= 11 is 1.31. The lowest BCUT2D eigenvalue weighted by Crippen LogP contribution is -2.33. The highest BCUT2D eigenvalue weighted by Crippen LogP contribution is 2.27. The smallest absolute Gasteiger partial charge is 0.251 e. The molecule has 2 amide bonds. The Labute approximate surface area is 211 Å². The molecule has 8 heteroatoms. The third-order valence-electron chi connectivity index (χ3n) is 5.60. The maximum Gasteiger partial charge on any atom is 0.251 e. The molecule has 2 N–H and O–H groups in total. The lowest BCUT2D eigenvalue weighted by molar-refractivity contribution is -0.113. The van der Waals surface area contributed by atoms with Crippen LogP contribution in [0.3, 0.4) is 0 Å². The van der Waals surface area contributed by atoms with Crippen LogP contribution >= 0.6 is 11.8 Å². The van der Waals surface area contributed by atoms with Gasteiger partial charge in [0.25, 0.3) is 5.91 Å². The summed E-state index contributed by atoms with van der Waals surface area (Å²) in [4.78, 5) is 25.6.